The van der Waals surface area contributed by atoms with Crippen LogP contribution in [0.2, 0.25) is 0 Å². The quantitative estimate of drug-likeness (QED) is 0.809. The number of nitrogens with zero attached hydrogens (tertiary/aromatic N) is 1. The van der Waals surface area contributed by atoms with E-state index in [2.05, 4.69) is 4.90 Å². The van der Waals surface area contributed by atoms with Crippen LogP contribution < -0.4 is 4.74 Å². The van der Waals surface area contributed by atoms with Crippen LogP contribution in [0.3, 0.4) is 0 Å². The highest BCUT2D eigenvalue weighted by Gasteiger charge is 2.30. The molecule has 17 heavy (non-hydrogen) atoms. The van der Waals surface area contributed by atoms with Crippen molar-refractivity contribution in [1.29, 1.82) is 0 Å². The summed E-state index contributed by atoms with van der Waals surface area (Å²) < 4.78 is 5.18. The lowest BCUT2D eigenvalue weighted by Gasteiger charge is -2.40. The summed E-state index contributed by atoms with van der Waals surface area (Å²) in [6.07, 6.45) is 4.91. The van der Waals surface area contributed by atoms with E-state index in [0.29, 0.717) is 11.8 Å². The molecule has 1 fully saturated rings. The number of phenols is 1. The third-order valence-corrected chi connectivity index (χ3v) is 4.08. The molecule has 3 heteroatoms. The maximum Gasteiger partial charge on any atom is 0.160 e. The summed E-state index contributed by atoms with van der Waals surface area (Å²) in [6.45, 7) is 2.35. The van der Waals surface area contributed by atoms with Crippen LogP contribution in [0.15, 0.2) is 12.1 Å². The first-order valence-electron chi connectivity index (χ1n) is 6.43. The highest BCUT2D eigenvalue weighted by molar-refractivity contribution is 5.48. The summed E-state index contributed by atoms with van der Waals surface area (Å²) in [4.78, 5) is 2.55. The molecule has 1 saturated heterocycles. The van der Waals surface area contributed by atoms with Crippen LogP contribution in [0.5, 0.6) is 11.5 Å². The van der Waals surface area contributed by atoms with Crippen molar-refractivity contribution in [1.82, 2.24) is 4.90 Å². The summed E-state index contributed by atoms with van der Waals surface area (Å²) in [6, 6.07) is 4.44. The molecule has 92 valence electrons. The standard InChI is InChI=1S/C14H19NO2/c1-17-14-8-10-5-7-15-6-3-2-4-12(15)11(10)9-13(14)16/h8-9,12,16H,2-7H2,1H3. The van der Waals surface area contributed by atoms with Gasteiger partial charge in [0.15, 0.2) is 11.5 Å². The number of methoxy groups -OCH3 is 1. The molecule has 1 unspecified atom stereocenters. The number of hydrogen-bond donors (Lipinski definition) is 1. The molecule has 2 aliphatic rings. The van der Waals surface area contributed by atoms with E-state index in [1.165, 1.54) is 36.9 Å². The Hall–Kier alpha value is -1.22. The number of benzene rings is 1. The highest BCUT2D eigenvalue weighted by atomic mass is 16.5. The molecule has 1 aromatic rings. The van der Waals surface area contributed by atoms with Gasteiger partial charge >= 0.3 is 0 Å². The van der Waals surface area contributed by atoms with Gasteiger partial charge in [0, 0.05) is 12.6 Å². The number of piperidine rings is 1. The number of hydrogen-bond acceptors (Lipinski definition) is 3. The van der Waals surface area contributed by atoms with E-state index >= 15 is 0 Å². The molecule has 2 aliphatic heterocycles. The minimum Gasteiger partial charge on any atom is -0.504 e. The molecule has 3 nitrogen and oxygen atoms in total. The molecule has 1 atom stereocenters. The van der Waals surface area contributed by atoms with Crippen LogP contribution in [-0.2, 0) is 6.42 Å². The van der Waals surface area contributed by atoms with E-state index < -0.39 is 0 Å². The normalized spacial score (nSPS) is 23.9. The smallest absolute Gasteiger partial charge is 0.160 e. The predicted octanol–water partition coefficient (Wildman–Crippen LogP) is 2.48. The Balaban J connectivity index is 2.01. The van der Waals surface area contributed by atoms with E-state index in [9.17, 15) is 5.11 Å². The van der Waals surface area contributed by atoms with E-state index in [4.69, 9.17) is 4.74 Å². The van der Waals surface area contributed by atoms with E-state index in [0.717, 1.165) is 13.0 Å². The summed E-state index contributed by atoms with van der Waals surface area (Å²) in [5.41, 5.74) is 2.66. The number of fused-ring (bicyclic) bond motifs is 3. The molecule has 0 radical (unpaired) electrons. The van der Waals surface area contributed by atoms with Gasteiger partial charge in [-0.2, -0.15) is 0 Å². The van der Waals surface area contributed by atoms with Crippen LogP contribution in [0.4, 0.5) is 0 Å². The topological polar surface area (TPSA) is 32.7 Å². The molecule has 0 saturated carbocycles. The average Bonchev–Trinajstić information content (AvgIpc) is 2.38. The number of ether oxygens (including phenoxy) is 1. The van der Waals surface area contributed by atoms with Gasteiger partial charge in [0.2, 0.25) is 0 Å². The van der Waals surface area contributed by atoms with Gasteiger partial charge in [0.1, 0.15) is 0 Å². The van der Waals surface area contributed by atoms with Crippen molar-refractivity contribution in [2.75, 3.05) is 20.2 Å². The second-order valence-electron chi connectivity index (χ2n) is 5.02. The van der Waals surface area contributed by atoms with Gasteiger partial charge in [0.25, 0.3) is 0 Å². The maximum atomic E-state index is 9.91. The molecule has 2 heterocycles. The minimum atomic E-state index is 0.277. The number of phenolic OH excluding ortho intramolecular Hbond substituents is 1. The molecule has 1 N–H and O–H groups in total. The molecule has 1 aromatic carbocycles. The zero-order valence-corrected chi connectivity index (χ0v) is 10.3. The molecule has 0 spiro atoms. The van der Waals surface area contributed by atoms with Gasteiger partial charge in [-0.3, -0.25) is 4.90 Å². The van der Waals surface area contributed by atoms with Crippen molar-refractivity contribution in [3.8, 4) is 11.5 Å². The molecular weight excluding hydrogens is 214 g/mol. The highest BCUT2D eigenvalue weighted by Crippen LogP contribution is 2.41. The number of rotatable bonds is 1. The van der Waals surface area contributed by atoms with Gasteiger partial charge in [-0.15, -0.1) is 0 Å². The first-order chi connectivity index (χ1) is 8.29. The van der Waals surface area contributed by atoms with Crippen molar-refractivity contribution in [3.63, 3.8) is 0 Å². The van der Waals surface area contributed by atoms with Crippen LogP contribution in [0, 0.1) is 0 Å². The summed E-state index contributed by atoms with van der Waals surface area (Å²) in [7, 11) is 1.61. The largest absolute Gasteiger partial charge is 0.504 e. The van der Waals surface area contributed by atoms with E-state index in [1.807, 2.05) is 12.1 Å². The Bertz CT molecular complexity index is 430. The van der Waals surface area contributed by atoms with Gasteiger partial charge in [-0.25, -0.2) is 0 Å². The lowest BCUT2D eigenvalue weighted by molar-refractivity contribution is 0.138. The molecule has 0 aromatic heterocycles. The van der Waals surface area contributed by atoms with Crippen LogP contribution in [0.1, 0.15) is 36.4 Å². The molecular formula is C14H19NO2. The Labute approximate surface area is 102 Å². The van der Waals surface area contributed by atoms with Crippen LogP contribution in [-0.4, -0.2) is 30.2 Å². The lowest BCUT2D eigenvalue weighted by Crippen LogP contribution is -2.38. The fourth-order valence-electron chi connectivity index (χ4n) is 3.19. The maximum absolute atomic E-state index is 9.91. The zero-order valence-electron chi connectivity index (χ0n) is 10.3. The summed E-state index contributed by atoms with van der Waals surface area (Å²) in [5.74, 6) is 0.881. The summed E-state index contributed by atoms with van der Waals surface area (Å²) >= 11 is 0. The van der Waals surface area contributed by atoms with Crippen LogP contribution in [0.25, 0.3) is 0 Å². The Morgan fingerprint density at radius 2 is 2.18 bits per heavy atom. The predicted molar refractivity (Wildman–Crippen MR) is 66.5 cm³/mol. The average molecular weight is 233 g/mol. The van der Waals surface area contributed by atoms with Crippen molar-refractivity contribution in [2.24, 2.45) is 0 Å². The third-order valence-electron chi connectivity index (χ3n) is 4.08. The molecule has 3 rings (SSSR count). The van der Waals surface area contributed by atoms with Gasteiger partial charge in [-0.05, 0) is 49.1 Å². The fraction of sp³-hybridized carbons (Fsp3) is 0.571. The van der Waals surface area contributed by atoms with Crippen molar-refractivity contribution in [2.45, 2.75) is 31.7 Å². The van der Waals surface area contributed by atoms with Gasteiger partial charge in [0.05, 0.1) is 7.11 Å². The first kappa shape index (κ1) is 10.9. The zero-order chi connectivity index (χ0) is 11.8. The molecule has 0 bridgehead atoms. The lowest BCUT2D eigenvalue weighted by atomic mass is 9.86. The summed E-state index contributed by atoms with van der Waals surface area (Å²) in [5, 5.41) is 9.91. The van der Waals surface area contributed by atoms with Gasteiger partial charge < -0.3 is 9.84 Å². The molecule has 0 aliphatic carbocycles. The van der Waals surface area contributed by atoms with Crippen molar-refractivity contribution in [3.05, 3.63) is 23.3 Å². The number of aromatic hydroxyl groups is 1. The SMILES string of the molecule is COc1cc2c(cc1O)C1CCCCN1CC2. The monoisotopic (exact) mass is 233 g/mol. The Morgan fingerprint density at radius 1 is 1.29 bits per heavy atom. The Kier molecular flexibility index (Phi) is 2.71. The fourth-order valence-corrected chi connectivity index (χ4v) is 3.19. The van der Waals surface area contributed by atoms with E-state index in [1.54, 1.807) is 7.11 Å². The van der Waals surface area contributed by atoms with Gasteiger partial charge in [-0.1, -0.05) is 6.42 Å². The molecule has 0 amide bonds. The third kappa shape index (κ3) is 1.78. The van der Waals surface area contributed by atoms with Crippen molar-refractivity contribution >= 4 is 0 Å². The second kappa shape index (κ2) is 4.22. The van der Waals surface area contributed by atoms with E-state index in [-0.39, 0.29) is 5.75 Å². The van der Waals surface area contributed by atoms with Crippen molar-refractivity contribution < 1.29 is 9.84 Å². The second-order valence-corrected chi connectivity index (χ2v) is 5.02. The van der Waals surface area contributed by atoms with Crippen LogP contribution >= 0.6 is 0 Å². The Morgan fingerprint density at radius 3 is 3.00 bits per heavy atom. The first-order valence-corrected chi connectivity index (χ1v) is 6.43. The minimum absolute atomic E-state index is 0.277.